The van der Waals surface area contributed by atoms with Gasteiger partial charge in [0.1, 0.15) is 5.78 Å². The van der Waals surface area contributed by atoms with E-state index in [-0.39, 0.29) is 5.78 Å². The Labute approximate surface area is 89.5 Å². The smallest absolute Gasteiger partial charge is 0.213 e. The van der Waals surface area contributed by atoms with E-state index < -0.39 is 11.4 Å². The quantitative estimate of drug-likeness (QED) is 0.714. The lowest BCUT2D eigenvalue weighted by Crippen LogP contribution is -2.28. The third-order valence-corrected chi connectivity index (χ3v) is 2.62. The zero-order chi connectivity index (χ0) is 11.5. The molecule has 0 atom stereocenters. The number of ketones is 1. The summed E-state index contributed by atoms with van der Waals surface area (Å²) in [5, 5.41) is 0. The Kier molecular flexibility index (Phi) is 3.56. The molecule has 0 bridgehead atoms. The van der Waals surface area contributed by atoms with Gasteiger partial charge in [0, 0.05) is 18.0 Å². The number of hydrogen-bond donors (Lipinski definition) is 0. The van der Waals surface area contributed by atoms with E-state index in [1.54, 1.807) is 6.07 Å². The summed E-state index contributed by atoms with van der Waals surface area (Å²) in [7, 11) is 0. The molecule has 0 aliphatic carbocycles. The van der Waals surface area contributed by atoms with E-state index >= 15 is 0 Å². The molecule has 0 fully saturated rings. The first-order valence-electron chi connectivity index (χ1n) is 5.13. The molecular weight excluding hydrogens is 193 g/mol. The van der Waals surface area contributed by atoms with Gasteiger partial charge in [0.25, 0.3) is 0 Å². The predicted octanol–water partition coefficient (Wildman–Crippen LogP) is 2.87. The van der Waals surface area contributed by atoms with E-state index in [9.17, 15) is 9.18 Å². The molecule has 0 saturated carbocycles. The van der Waals surface area contributed by atoms with Crippen LogP contribution in [0.5, 0.6) is 0 Å². The molecule has 1 heterocycles. The van der Waals surface area contributed by atoms with Gasteiger partial charge in [-0.2, -0.15) is 4.39 Å². The van der Waals surface area contributed by atoms with Gasteiger partial charge in [-0.3, -0.25) is 4.79 Å². The van der Waals surface area contributed by atoms with Gasteiger partial charge in [0.2, 0.25) is 5.95 Å². The van der Waals surface area contributed by atoms with Gasteiger partial charge in [-0.05, 0) is 38.0 Å². The molecular formula is C12H16FNO. The molecule has 3 heteroatoms. The molecule has 15 heavy (non-hydrogen) atoms. The summed E-state index contributed by atoms with van der Waals surface area (Å²) in [6.45, 7) is 5.60. The Hall–Kier alpha value is -1.25. The van der Waals surface area contributed by atoms with Crippen LogP contribution < -0.4 is 0 Å². The van der Waals surface area contributed by atoms with Gasteiger partial charge in [0.05, 0.1) is 0 Å². The number of pyridine rings is 1. The fourth-order valence-electron chi connectivity index (χ4n) is 1.49. The van der Waals surface area contributed by atoms with Crippen molar-refractivity contribution >= 4 is 5.78 Å². The number of carbonyl (C=O) groups is 1. The number of hydrogen-bond acceptors (Lipinski definition) is 2. The first-order chi connectivity index (χ1) is 6.98. The Morgan fingerprint density at radius 3 is 2.73 bits per heavy atom. The zero-order valence-corrected chi connectivity index (χ0v) is 9.38. The second kappa shape index (κ2) is 4.51. The summed E-state index contributed by atoms with van der Waals surface area (Å²) in [6, 6.07) is 3.02. The minimum absolute atomic E-state index is 0.135. The Balaban J connectivity index is 2.99. The number of carbonyl (C=O) groups excluding carboxylic acids is 1. The highest BCUT2D eigenvalue weighted by Crippen LogP contribution is 2.25. The Bertz CT molecular complexity index is 360. The van der Waals surface area contributed by atoms with Gasteiger partial charge in [-0.1, -0.05) is 6.92 Å². The van der Waals surface area contributed by atoms with Crippen LogP contribution in [0.2, 0.25) is 0 Å². The van der Waals surface area contributed by atoms with Crippen LogP contribution in [0, 0.1) is 5.95 Å². The first kappa shape index (κ1) is 11.8. The molecule has 82 valence electrons. The lowest BCUT2D eigenvalue weighted by atomic mass is 9.79. The molecule has 0 aromatic carbocycles. The van der Waals surface area contributed by atoms with Crippen molar-refractivity contribution in [2.75, 3.05) is 0 Å². The third kappa shape index (κ3) is 2.61. The molecule has 0 aliphatic rings. The highest BCUT2D eigenvalue weighted by molar-refractivity contribution is 5.89. The van der Waals surface area contributed by atoms with Crippen LogP contribution in [0.25, 0.3) is 0 Å². The largest absolute Gasteiger partial charge is 0.299 e. The number of nitrogens with zero attached hydrogens (tertiary/aromatic N) is 1. The maximum atomic E-state index is 12.9. The fourth-order valence-corrected chi connectivity index (χ4v) is 1.49. The minimum atomic E-state index is -0.625. The SMILES string of the molecule is CCCC(=O)C(C)(C)c1ccnc(F)c1. The summed E-state index contributed by atoms with van der Waals surface area (Å²) < 4.78 is 12.9. The standard InChI is InChI=1S/C12H16FNO/c1-4-5-10(15)12(2,3)9-6-7-14-11(13)8-9/h6-8H,4-5H2,1-3H3. The van der Waals surface area contributed by atoms with E-state index in [1.807, 2.05) is 20.8 Å². The van der Waals surface area contributed by atoms with Crippen molar-refractivity contribution in [2.45, 2.75) is 39.0 Å². The summed E-state index contributed by atoms with van der Waals surface area (Å²) in [6.07, 6.45) is 2.73. The number of halogens is 1. The average Bonchev–Trinajstić information content (AvgIpc) is 2.18. The summed E-state index contributed by atoms with van der Waals surface area (Å²) >= 11 is 0. The molecule has 1 aromatic rings. The van der Waals surface area contributed by atoms with Crippen molar-refractivity contribution in [2.24, 2.45) is 0 Å². The maximum absolute atomic E-state index is 12.9. The van der Waals surface area contributed by atoms with Gasteiger partial charge < -0.3 is 0 Å². The summed E-state index contributed by atoms with van der Waals surface area (Å²) in [5.74, 6) is -0.402. The molecule has 2 nitrogen and oxygen atoms in total. The van der Waals surface area contributed by atoms with Crippen molar-refractivity contribution in [1.29, 1.82) is 0 Å². The summed E-state index contributed by atoms with van der Waals surface area (Å²) in [4.78, 5) is 15.3. The zero-order valence-electron chi connectivity index (χ0n) is 9.38. The van der Waals surface area contributed by atoms with E-state index in [0.29, 0.717) is 12.0 Å². The maximum Gasteiger partial charge on any atom is 0.213 e. The van der Waals surface area contributed by atoms with Crippen molar-refractivity contribution in [1.82, 2.24) is 4.98 Å². The fraction of sp³-hybridized carbons (Fsp3) is 0.500. The van der Waals surface area contributed by atoms with E-state index in [1.165, 1.54) is 12.3 Å². The topological polar surface area (TPSA) is 30.0 Å². The van der Waals surface area contributed by atoms with Crippen LogP contribution in [0.15, 0.2) is 18.3 Å². The van der Waals surface area contributed by atoms with Crippen molar-refractivity contribution in [3.05, 3.63) is 29.8 Å². The second-order valence-corrected chi connectivity index (χ2v) is 4.17. The van der Waals surface area contributed by atoms with Crippen LogP contribution in [0.3, 0.4) is 0 Å². The van der Waals surface area contributed by atoms with Crippen molar-refractivity contribution in [3.8, 4) is 0 Å². The van der Waals surface area contributed by atoms with Crippen LogP contribution in [0.1, 0.15) is 39.2 Å². The van der Waals surface area contributed by atoms with Gasteiger partial charge in [-0.25, -0.2) is 4.98 Å². The molecule has 0 unspecified atom stereocenters. The monoisotopic (exact) mass is 209 g/mol. The molecule has 0 amide bonds. The molecule has 0 aliphatic heterocycles. The van der Waals surface area contributed by atoms with Crippen molar-refractivity contribution in [3.63, 3.8) is 0 Å². The third-order valence-electron chi connectivity index (χ3n) is 2.62. The van der Waals surface area contributed by atoms with Gasteiger partial charge in [0.15, 0.2) is 0 Å². The van der Waals surface area contributed by atoms with Crippen molar-refractivity contribution < 1.29 is 9.18 Å². The van der Waals surface area contributed by atoms with Crippen LogP contribution >= 0.6 is 0 Å². The second-order valence-electron chi connectivity index (χ2n) is 4.17. The number of Topliss-reactive ketones (excluding diaryl/α,β-unsaturated/α-hetero) is 1. The lowest BCUT2D eigenvalue weighted by Gasteiger charge is -2.23. The van der Waals surface area contributed by atoms with E-state index in [0.717, 1.165) is 6.42 Å². The van der Waals surface area contributed by atoms with Gasteiger partial charge in [-0.15, -0.1) is 0 Å². The molecule has 0 spiro atoms. The van der Waals surface area contributed by atoms with Crippen LogP contribution in [-0.2, 0) is 10.2 Å². The van der Waals surface area contributed by atoms with Crippen LogP contribution in [0.4, 0.5) is 4.39 Å². The molecule has 1 aromatic heterocycles. The highest BCUT2D eigenvalue weighted by atomic mass is 19.1. The number of aromatic nitrogens is 1. The summed E-state index contributed by atoms with van der Waals surface area (Å²) in [5.41, 5.74) is 0.0632. The minimum Gasteiger partial charge on any atom is -0.299 e. The van der Waals surface area contributed by atoms with Crippen LogP contribution in [-0.4, -0.2) is 10.8 Å². The predicted molar refractivity (Wildman–Crippen MR) is 57.1 cm³/mol. The molecule has 0 N–H and O–H groups in total. The lowest BCUT2D eigenvalue weighted by molar-refractivity contribution is -0.123. The van der Waals surface area contributed by atoms with E-state index in [4.69, 9.17) is 0 Å². The molecule has 0 radical (unpaired) electrons. The Morgan fingerprint density at radius 2 is 2.20 bits per heavy atom. The number of rotatable bonds is 4. The highest BCUT2D eigenvalue weighted by Gasteiger charge is 2.28. The Morgan fingerprint density at radius 1 is 1.53 bits per heavy atom. The average molecular weight is 209 g/mol. The first-order valence-corrected chi connectivity index (χ1v) is 5.13. The van der Waals surface area contributed by atoms with Gasteiger partial charge >= 0.3 is 0 Å². The molecule has 0 saturated heterocycles. The normalized spacial score (nSPS) is 11.5. The van der Waals surface area contributed by atoms with E-state index in [2.05, 4.69) is 4.98 Å². The molecule has 1 rings (SSSR count).